The monoisotopic (exact) mass is 336 g/mol. The molecule has 0 atom stereocenters. The molecular weight excluding hydrogens is 324 g/mol. The number of rotatable bonds is 4. The molecule has 0 aromatic heterocycles. The molecule has 0 fully saturated rings. The highest BCUT2D eigenvalue weighted by molar-refractivity contribution is 6.25. The summed E-state index contributed by atoms with van der Waals surface area (Å²) in [6.45, 7) is -0.434. The molecule has 2 amide bonds. The highest BCUT2D eigenvalue weighted by Gasteiger charge is 2.32. The molecule has 1 aliphatic carbocycles. The van der Waals surface area contributed by atoms with E-state index in [1.54, 1.807) is 36.4 Å². The second kappa shape index (κ2) is 6.46. The topological polar surface area (TPSA) is 123 Å². The first-order chi connectivity index (χ1) is 12.1. The second-order valence-electron chi connectivity index (χ2n) is 5.30. The maximum atomic E-state index is 12.8. The smallest absolute Gasteiger partial charge is 0.414 e. The summed E-state index contributed by atoms with van der Waals surface area (Å²) in [7, 11) is 0. The van der Waals surface area contributed by atoms with Crippen LogP contribution in [0.15, 0.2) is 47.6 Å². The highest BCUT2D eigenvalue weighted by Crippen LogP contribution is 2.39. The molecule has 2 aromatic carbocycles. The molecule has 0 aliphatic heterocycles. The van der Waals surface area contributed by atoms with Gasteiger partial charge in [-0.15, -0.1) is 0 Å². The van der Waals surface area contributed by atoms with Gasteiger partial charge in [0, 0.05) is 40.3 Å². The molecule has 1 N–H and O–H groups in total. The van der Waals surface area contributed by atoms with Gasteiger partial charge in [-0.25, -0.2) is 9.69 Å². The molecule has 0 bridgehead atoms. The average molecular weight is 336 g/mol. The largest absolute Gasteiger partial charge is 0.465 e. The fourth-order valence-electron chi connectivity index (χ4n) is 2.87. The minimum atomic E-state index is -1.45. The normalized spacial score (nSPS) is 11.3. The fourth-order valence-corrected chi connectivity index (χ4v) is 2.87. The van der Waals surface area contributed by atoms with Gasteiger partial charge < -0.3 is 5.11 Å². The maximum absolute atomic E-state index is 12.8. The van der Waals surface area contributed by atoms with Crippen molar-refractivity contribution >= 4 is 17.8 Å². The van der Waals surface area contributed by atoms with Gasteiger partial charge in [-0.1, -0.05) is 41.5 Å². The van der Waals surface area contributed by atoms with E-state index < -0.39 is 12.0 Å². The summed E-state index contributed by atoms with van der Waals surface area (Å²) in [6.07, 6.45) is -1.45. The predicted octanol–water partition coefficient (Wildman–Crippen LogP) is 3.33. The summed E-state index contributed by atoms with van der Waals surface area (Å²) < 4.78 is 0. The molecule has 8 heteroatoms. The fraction of sp³-hybridized carbons (Fsp3) is 0.118. The average Bonchev–Trinajstić information content (AvgIpc) is 2.91. The van der Waals surface area contributed by atoms with Crippen LogP contribution in [0.5, 0.6) is 0 Å². The maximum Gasteiger partial charge on any atom is 0.414 e. The van der Waals surface area contributed by atoms with Gasteiger partial charge in [0.1, 0.15) is 0 Å². The number of azide groups is 1. The van der Waals surface area contributed by atoms with E-state index in [-0.39, 0.29) is 24.4 Å². The van der Waals surface area contributed by atoms with Gasteiger partial charge in [0.25, 0.3) is 5.91 Å². The molecule has 0 saturated heterocycles. The Hall–Kier alpha value is -3.64. The van der Waals surface area contributed by atoms with Crippen LogP contribution in [0, 0.1) is 0 Å². The van der Waals surface area contributed by atoms with E-state index in [2.05, 4.69) is 10.0 Å². The van der Waals surface area contributed by atoms with Crippen LogP contribution in [0.25, 0.3) is 21.6 Å². The van der Waals surface area contributed by atoms with Crippen LogP contribution in [0.3, 0.4) is 0 Å². The molecule has 0 saturated carbocycles. The van der Waals surface area contributed by atoms with Gasteiger partial charge in [0.05, 0.1) is 0 Å². The van der Waals surface area contributed by atoms with Gasteiger partial charge in [0.15, 0.2) is 5.78 Å². The Bertz CT molecular complexity index is 947. The summed E-state index contributed by atoms with van der Waals surface area (Å²) in [5.41, 5.74) is 10.3. The van der Waals surface area contributed by atoms with Crippen LogP contribution < -0.4 is 0 Å². The molecule has 1 aliphatic rings. The predicted molar refractivity (Wildman–Crippen MR) is 88.4 cm³/mol. The third-order valence-corrected chi connectivity index (χ3v) is 3.94. The zero-order valence-corrected chi connectivity index (χ0v) is 12.9. The number of hydrogen-bond acceptors (Lipinski definition) is 4. The van der Waals surface area contributed by atoms with Crippen molar-refractivity contribution in [2.75, 3.05) is 13.1 Å². The van der Waals surface area contributed by atoms with E-state index >= 15 is 0 Å². The first kappa shape index (κ1) is 16.2. The molecule has 8 nitrogen and oxygen atoms in total. The standard InChI is InChI=1S/C17H12N4O4/c18-20-19-8-9-21(17(24)25)16(23)13-7-3-6-12-14(13)10-4-1-2-5-11(10)15(12)22/h1-7H,8-9H2,(H,24,25). The molecular formula is C17H12N4O4. The number of hydrogen-bond donors (Lipinski definition) is 1. The summed E-state index contributed by atoms with van der Waals surface area (Å²) in [5.74, 6) is -0.960. The lowest BCUT2D eigenvalue weighted by Crippen LogP contribution is -2.37. The molecule has 0 unspecified atom stereocenters. The van der Waals surface area contributed by atoms with Crippen molar-refractivity contribution in [1.82, 2.24) is 4.90 Å². The Morgan fingerprint density at radius 2 is 1.76 bits per heavy atom. The van der Waals surface area contributed by atoms with Gasteiger partial charge in [-0.2, -0.15) is 0 Å². The lowest BCUT2D eigenvalue weighted by Gasteiger charge is -2.18. The van der Waals surface area contributed by atoms with Crippen LogP contribution in [0.2, 0.25) is 0 Å². The molecule has 3 rings (SSSR count). The second-order valence-corrected chi connectivity index (χ2v) is 5.30. The summed E-state index contributed by atoms with van der Waals surface area (Å²) in [6, 6.07) is 11.5. The number of benzene rings is 2. The van der Waals surface area contributed by atoms with Crippen molar-refractivity contribution in [2.45, 2.75) is 0 Å². The number of fused-ring (bicyclic) bond motifs is 3. The van der Waals surface area contributed by atoms with E-state index in [1.165, 1.54) is 6.07 Å². The van der Waals surface area contributed by atoms with E-state index in [1.807, 2.05) is 0 Å². The SMILES string of the molecule is [N-]=[N+]=NCCN(C(=O)O)C(=O)c1cccc2c1-c1ccccc1C2=O. The molecule has 2 aromatic rings. The number of ketones is 1. The molecule has 25 heavy (non-hydrogen) atoms. The summed E-state index contributed by atoms with van der Waals surface area (Å²) in [4.78, 5) is 39.8. The third-order valence-electron chi connectivity index (χ3n) is 3.94. The Morgan fingerprint density at radius 1 is 1.08 bits per heavy atom. The first-order valence-corrected chi connectivity index (χ1v) is 7.39. The number of imide groups is 1. The Morgan fingerprint density at radius 3 is 2.44 bits per heavy atom. The van der Waals surface area contributed by atoms with Crippen molar-refractivity contribution in [1.29, 1.82) is 0 Å². The lowest BCUT2D eigenvalue weighted by molar-refractivity contribution is 0.0747. The summed E-state index contributed by atoms with van der Waals surface area (Å²) in [5, 5.41) is 12.6. The van der Waals surface area contributed by atoms with Crippen molar-refractivity contribution in [3.05, 3.63) is 69.6 Å². The zero-order chi connectivity index (χ0) is 18.0. The number of carbonyl (C=O) groups excluding carboxylic acids is 2. The van der Waals surface area contributed by atoms with Gasteiger partial charge in [-0.05, 0) is 17.2 Å². The van der Waals surface area contributed by atoms with Crippen LogP contribution in [-0.4, -0.2) is 40.9 Å². The van der Waals surface area contributed by atoms with E-state index in [4.69, 9.17) is 5.53 Å². The van der Waals surface area contributed by atoms with Crippen molar-refractivity contribution in [3.63, 3.8) is 0 Å². The zero-order valence-electron chi connectivity index (χ0n) is 12.9. The number of carboxylic acid groups (broad SMARTS) is 1. The van der Waals surface area contributed by atoms with E-state index in [9.17, 15) is 19.5 Å². The Labute approximate surface area is 141 Å². The quantitative estimate of drug-likeness (QED) is 0.446. The van der Waals surface area contributed by atoms with Crippen LogP contribution in [-0.2, 0) is 0 Å². The van der Waals surface area contributed by atoms with Gasteiger partial charge in [-0.3, -0.25) is 9.59 Å². The number of nitrogens with zero attached hydrogens (tertiary/aromatic N) is 4. The Balaban J connectivity index is 2.08. The molecule has 0 heterocycles. The van der Waals surface area contributed by atoms with Gasteiger partial charge in [0.2, 0.25) is 0 Å². The molecule has 124 valence electrons. The minimum Gasteiger partial charge on any atom is -0.465 e. The van der Waals surface area contributed by atoms with E-state index in [0.29, 0.717) is 27.2 Å². The Kier molecular flexibility index (Phi) is 4.20. The number of carbonyl (C=O) groups is 3. The summed E-state index contributed by atoms with van der Waals surface area (Å²) >= 11 is 0. The van der Waals surface area contributed by atoms with Crippen molar-refractivity contribution in [2.24, 2.45) is 5.11 Å². The first-order valence-electron chi connectivity index (χ1n) is 7.39. The lowest BCUT2D eigenvalue weighted by atomic mass is 9.98. The third kappa shape index (κ3) is 2.71. The van der Waals surface area contributed by atoms with Gasteiger partial charge >= 0.3 is 6.09 Å². The molecule has 0 spiro atoms. The number of amides is 2. The van der Waals surface area contributed by atoms with Crippen LogP contribution in [0.4, 0.5) is 4.79 Å². The highest BCUT2D eigenvalue weighted by atomic mass is 16.4. The minimum absolute atomic E-state index is 0.124. The van der Waals surface area contributed by atoms with E-state index in [0.717, 1.165) is 0 Å². The van der Waals surface area contributed by atoms with Crippen molar-refractivity contribution in [3.8, 4) is 11.1 Å². The van der Waals surface area contributed by atoms with Crippen molar-refractivity contribution < 1.29 is 19.5 Å². The molecule has 0 radical (unpaired) electrons. The van der Waals surface area contributed by atoms with Crippen LogP contribution >= 0.6 is 0 Å². The van der Waals surface area contributed by atoms with Crippen LogP contribution in [0.1, 0.15) is 26.3 Å².